The lowest BCUT2D eigenvalue weighted by Crippen LogP contribution is -2.51. The first-order chi connectivity index (χ1) is 9.58. The summed E-state index contributed by atoms with van der Waals surface area (Å²) >= 11 is 0. The van der Waals surface area contributed by atoms with Gasteiger partial charge in [-0.3, -0.25) is 0 Å². The Kier molecular flexibility index (Phi) is 5.01. The van der Waals surface area contributed by atoms with E-state index in [9.17, 15) is 4.79 Å². The van der Waals surface area contributed by atoms with Crippen LogP contribution in [0.3, 0.4) is 0 Å². The van der Waals surface area contributed by atoms with Crippen LogP contribution >= 0.6 is 0 Å². The van der Waals surface area contributed by atoms with Crippen LogP contribution in [0.2, 0.25) is 0 Å². The molecule has 2 N–H and O–H groups in total. The van der Waals surface area contributed by atoms with E-state index in [1.807, 2.05) is 30.3 Å². The first-order valence-electron chi connectivity index (χ1n) is 7.29. The van der Waals surface area contributed by atoms with Crippen molar-refractivity contribution in [3.63, 3.8) is 0 Å². The average Bonchev–Trinajstić information content (AvgIpc) is 2.45. The molecule has 1 aliphatic rings. The number of nitrogens with zero attached hydrogens (tertiary/aromatic N) is 1. The normalized spacial score (nSPS) is 22.9. The molecule has 0 spiro atoms. The second-order valence-corrected chi connectivity index (χ2v) is 5.85. The molecule has 1 fully saturated rings. The topological polar surface area (TPSA) is 55.6 Å². The highest BCUT2D eigenvalue weighted by atomic mass is 16.6. The first-order valence-corrected chi connectivity index (χ1v) is 7.29. The predicted molar refractivity (Wildman–Crippen MR) is 79.1 cm³/mol. The summed E-state index contributed by atoms with van der Waals surface area (Å²) in [5.41, 5.74) is 7.17. The van der Waals surface area contributed by atoms with Crippen LogP contribution in [-0.2, 0) is 11.3 Å². The van der Waals surface area contributed by atoms with Gasteiger partial charge in [-0.15, -0.1) is 0 Å². The molecule has 2 rings (SSSR count). The Morgan fingerprint density at radius 1 is 1.40 bits per heavy atom. The van der Waals surface area contributed by atoms with Gasteiger partial charge in [-0.2, -0.15) is 0 Å². The molecule has 0 radical (unpaired) electrons. The third-order valence-corrected chi connectivity index (χ3v) is 4.03. The summed E-state index contributed by atoms with van der Waals surface area (Å²) in [6.45, 7) is 6.03. The minimum Gasteiger partial charge on any atom is -0.445 e. The Morgan fingerprint density at radius 3 is 2.70 bits per heavy atom. The van der Waals surface area contributed by atoms with Crippen molar-refractivity contribution >= 4 is 6.09 Å². The van der Waals surface area contributed by atoms with E-state index in [2.05, 4.69) is 13.8 Å². The van der Waals surface area contributed by atoms with Crippen molar-refractivity contribution in [2.45, 2.75) is 32.9 Å². The van der Waals surface area contributed by atoms with E-state index in [1.165, 1.54) is 0 Å². The Hall–Kier alpha value is -1.55. The number of rotatable bonds is 3. The first kappa shape index (κ1) is 14.9. The molecule has 110 valence electrons. The molecule has 2 atom stereocenters. The Balaban J connectivity index is 1.82. The van der Waals surface area contributed by atoms with Crippen molar-refractivity contribution < 1.29 is 9.53 Å². The fourth-order valence-electron chi connectivity index (χ4n) is 2.80. The van der Waals surface area contributed by atoms with Gasteiger partial charge in [0.1, 0.15) is 6.61 Å². The molecule has 1 amide bonds. The smallest absolute Gasteiger partial charge is 0.410 e. The quantitative estimate of drug-likeness (QED) is 0.923. The number of hydrogen-bond acceptors (Lipinski definition) is 3. The summed E-state index contributed by atoms with van der Waals surface area (Å²) in [5, 5.41) is 0. The Labute approximate surface area is 120 Å². The maximum atomic E-state index is 12.0. The summed E-state index contributed by atoms with van der Waals surface area (Å²) < 4.78 is 5.34. The highest BCUT2D eigenvalue weighted by Gasteiger charge is 2.31. The zero-order chi connectivity index (χ0) is 14.5. The van der Waals surface area contributed by atoms with E-state index < -0.39 is 0 Å². The van der Waals surface area contributed by atoms with Crippen molar-refractivity contribution in [2.75, 3.05) is 13.1 Å². The lowest BCUT2D eigenvalue weighted by molar-refractivity contribution is 0.0708. The summed E-state index contributed by atoms with van der Waals surface area (Å²) in [4.78, 5) is 13.8. The van der Waals surface area contributed by atoms with Gasteiger partial charge in [0.05, 0.1) is 0 Å². The maximum absolute atomic E-state index is 12.0. The second kappa shape index (κ2) is 6.75. The number of benzene rings is 1. The van der Waals surface area contributed by atoms with Gasteiger partial charge >= 0.3 is 6.09 Å². The van der Waals surface area contributed by atoms with E-state index in [0.717, 1.165) is 18.5 Å². The van der Waals surface area contributed by atoms with Crippen LogP contribution in [0.15, 0.2) is 30.3 Å². The van der Waals surface area contributed by atoms with Crippen LogP contribution in [-0.4, -0.2) is 30.1 Å². The molecular weight excluding hydrogens is 252 g/mol. The maximum Gasteiger partial charge on any atom is 0.410 e. The molecule has 20 heavy (non-hydrogen) atoms. The minimum atomic E-state index is -0.258. The minimum absolute atomic E-state index is 0.0491. The lowest BCUT2D eigenvalue weighted by Gasteiger charge is -2.38. The molecule has 1 saturated heterocycles. The van der Waals surface area contributed by atoms with Gasteiger partial charge in [-0.05, 0) is 23.8 Å². The van der Waals surface area contributed by atoms with Gasteiger partial charge in [0, 0.05) is 19.1 Å². The van der Waals surface area contributed by atoms with Gasteiger partial charge in [0.15, 0.2) is 0 Å². The molecule has 2 unspecified atom stereocenters. The van der Waals surface area contributed by atoms with E-state index in [0.29, 0.717) is 25.0 Å². The van der Waals surface area contributed by atoms with Crippen LogP contribution in [0.1, 0.15) is 25.8 Å². The van der Waals surface area contributed by atoms with E-state index in [-0.39, 0.29) is 12.1 Å². The fraction of sp³-hybridized carbons (Fsp3) is 0.562. The van der Waals surface area contributed by atoms with E-state index in [4.69, 9.17) is 10.5 Å². The molecule has 4 nitrogen and oxygen atoms in total. The summed E-state index contributed by atoms with van der Waals surface area (Å²) in [6.07, 6.45) is 0.700. The van der Waals surface area contributed by atoms with Gasteiger partial charge < -0.3 is 15.4 Å². The van der Waals surface area contributed by atoms with E-state index >= 15 is 0 Å². The monoisotopic (exact) mass is 276 g/mol. The number of amides is 1. The predicted octanol–water partition coefficient (Wildman–Crippen LogP) is 2.63. The largest absolute Gasteiger partial charge is 0.445 e. The number of ether oxygens (including phenoxy) is 1. The Morgan fingerprint density at radius 2 is 2.10 bits per heavy atom. The number of piperidine rings is 1. The van der Waals surface area contributed by atoms with Crippen LogP contribution in [0.5, 0.6) is 0 Å². The van der Waals surface area contributed by atoms with Crippen molar-refractivity contribution in [1.82, 2.24) is 4.90 Å². The zero-order valence-corrected chi connectivity index (χ0v) is 12.3. The van der Waals surface area contributed by atoms with Gasteiger partial charge in [0.25, 0.3) is 0 Å². The summed E-state index contributed by atoms with van der Waals surface area (Å²) in [7, 11) is 0. The van der Waals surface area contributed by atoms with Crippen LogP contribution < -0.4 is 5.73 Å². The van der Waals surface area contributed by atoms with Crippen LogP contribution in [0.4, 0.5) is 4.79 Å². The number of hydrogen-bond donors (Lipinski definition) is 1. The molecule has 1 aliphatic heterocycles. The molecule has 0 saturated carbocycles. The molecule has 1 aromatic carbocycles. The summed E-state index contributed by atoms with van der Waals surface area (Å²) in [5.74, 6) is 1.06. The SMILES string of the molecule is CC(C)C1CCN(C(=O)OCc2ccccc2)CC1N. The molecule has 1 heterocycles. The fourth-order valence-corrected chi connectivity index (χ4v) is 2.80. The number of carbonyl (C=O) groups excluding carboxylic acids is 1. The molecule has 0 bridgehead atoms. The van der Waals surface area contributed by atoms with Crippen molar-refractivity contribution in [2.24, 2.45) is 17.6 Å². The van der Waals surface area contributed by atoms with Crippen molar-refractivity contribution in [3.8, 4) is 0 Å². The average molecular weight is 276 g/mol. The highest BCUT2D eigenvalue weighted by molar-refractivity contribution is 5.67. The van der Waals surface area contributed by atoms with Crippen LogP contribution in [0, 0.1) is 11.8 Å². The number of carbonyl (C=O) groups is 1. The van der Waals surface area contributed by atoms with Crippen LogP contribution in [0.25, 0.3) is 0 Å². The molecule has 4 heteroatoms. The van der Waals surface area contributed by atoms with Gasteiger partial charge in [-0.1, -0.05) is 44.2 Å². The van der Waals surface area contributed by atoms with Gasteiger partial charge in [0.2, 0.25) is 0 Å². The van der Waals surface area contributed by atoms with Crippen molar-refractivity contribution in [3.05, 3.63) is 35.9 Å². The number of likely N-dealkylation sites (tertiary alicyclic amines) is 1. The molecule has 0 aromatic heterocycles. The molecular formula is C16H24N2O2. The highest BCUT2D eigenvalue weighted by Crippen LogP contribution is 2.24. The standard InChI is InChI=1S/C16H24N2O2/c1-12(2)14-8-9-18(10-15(14)17)16(19)20-11-13-6-4-3-5-7-13/h3-7,12,14-15H,8-11,17H2,1-2H3. The molecule has 1 aromatic rings. The lowest BCUT2D eigenvalue weighted by atomic mass is 9.83. The van der Waals surface area contributed by atoms with E-state index in [1.54, 1.807) is 4.90 Å². The number of nitrogens with two attached hydrogens (primary N) is 1. The molecule has 0 aliphatic carbocycles. The Bertz CT molecular complexity index is 433. The summed E-state index contributed by atoms with van der Waals surface area (Å²) in [6, 6.07) is 9.77. The third-order valence-electron chi connectivity index (χ3n) is 4.03. The van der Waals surface area contributed by atoms with Crippen molar-refractivity contribution in [1.29, 1.82) is 0 Å². The third kappa shape index (κ3) is 3.73. The van der Waals surface area contributed by atoms with Gasteiger partial charge in [-0.25, -0.2) is 4.79 Å². The second-order valence-electron chi connectivity index (χ2n) is 5.85. The zero-order valence-electron chi connectivity index (χ0n) is 12.3.